The fraction of sp³-hybridized carbons (Fsp3) is 0.818. The van der Waals surface area contributed by atoms with Gasteiger partial charge in [0.2, 0.25) is 0 Å². The summed E-state index contributed by atoms with van der Waals surface area (Å²) >= 11 is 0. The van der Waals surface area contributed by atoms with Crippen LogP contribution in [0.5, 0.6) is 0 Å². The second-order valence-corrected chi connectivity index (χ2v) is 4.35. The summed E-state index contributed by atoms with van der Waals surface area (Å²) in [6.45, 7) is 6.30. The Morgan fingerprint density at radius 3 is 2.93 bits per heavy atom. The Bertz CT molecular complexity index is 242. The fourth-order valence-corrected chi connectivity index (χ4v) is 2.07. The second-order valence-electron chi connectivity index (χ2n) is 4.35. The topological polar surface area (TPSA) is 44.1 Å². The molecule has 0 aromatic carbocycles. The molecule has 14 heavy (non-hydrogen) atoms. The molecule has 1 aliphatic rings. The molecule has 1 atom stereocenters. The Morgan fingerprint density at radius 1 is 1.64 bits per heavy atom. The molecule has 1 saturated heterocycles. The van der Waals surface area contributed by atoms with E-state index in [1.807, 2.05) is 6.07 Å². The molecule has 3 nitrogen and oxygen atoms in total. The smallest absolute Gasteiger partial charge is 0.163 e. The first kappa shape index (κ1) is 11.2. The number of rotatable bonds is 4. The standard InChI is InChI=1S/C11H18N2O/c1-9(2)8-13-7-3-4-10(13)11(14)5-6-12/h9-10H,3-5,7-8H2,1-2H3. The van der Waals surface area contributed by atoms with Crippen molar-refractivity contribution >= 4 is 5.78 Å². The molecule has 0 saturated carbocycles. The highest BCUT2D eigenvalue weighted by molar-refractivity contribution is 5.86. The van der Waals surface area contributed by atoms with Gasteiger partial charge in [-0.2, -0.15) is 5.26 Å². The summed E-state index contributed by atoms with van der Waals surface area (Å²) in [5, 5.41) is 8.48. The van der Waals surface area contributed by atoms with Crippen LogP contribution in [0.1, 0.15) is 33.1 Å². The lowest BCUT2D eigenvalue weighted by molar-refractivity contribution is -0.122. The van der Waals surface area contributed by atoms with Crippen LogP contribution in [-0.2, 0) is 4.79 Å². The summed E-state index contributed by atoms with van der Waals surface area (Å²) in [5.41, 5.74) is 0. The van der Waals surface area contributed by atoms with Gasteiger partial charge in [0.05, 0.1) is 18.5 Å². The number of ketones is 1. The van der Waals surface area contributed by atoms with Crippen molar-refractivity contribution in [1.82, 2.24) is 4.90 Å². The van der Waals surface area contributed by atoms with Crippen LogP contribution >= 0.6 is 0 Å². The lowest BCUT2D eigenvalue weighted by Crippen LogP contribution is -2.38. The molecule has 78 valence electrons. The van der Waals surface area contributed by atoms with E-state index in [0.29, 0.717) is 5.92 Å². The van der Waals surface area contributed by atoms with Crippen molar-refractivity contribution in [2.24, 2.45) is 5.92 Å². The summed E-state index contributed by atoms with van der Waals surface area (Å²) in [6, 6.07) is 1.97. The highest BCUT2D eigenvalue weighted by atomic mass is 16.1. The largest absolute Gasteiger partial charge is 0.297 e. The Hall–Kier alpha value is -0.880. The average molecular weight is 194 g/mol. The molecule has 1 aliphatic heterocycles. The second kappa shape index (κ2) is 5.11. The zero-order valence-corrected chi connectivity index (χ0v) is 8.99. The summed E-state index contributed by atoms with van der Waals surface area (Å²) in [7, 11) is 0. The van der Waals surface area contributed by atoms with Crippen molar-refractivity contribution in [3.8, 4) is 6.07 Å². The van der Waals surface area contributed by atoms with Crippen LogP contribution in [-0.4, -0.2) is 29.8 Å². The summed E-state index contributed by atoms with van der Waals surface area (Å²) in [6.07, 6.45) is 2.10. The van der Waals surface area contributed by atoms with Gasteiger partial charge >= 0.3 is 0 Å². The number of carbonyl (C=O) groups excluding carboxylic acids is 1. The predicted molar refractivity (Wildman–Crippen MR) is 54.7 cm³/mol. The number of Topliss-reactive ketones (excluding diaryl/α,β-unsaturated/α-hetero) is 1. The van der Waals surface area contributed by atoms with Crippen molar-refractivity contribution < 1.29 is 4.79 Å². The van der Waals surface area contributed by atoms with Gasteiger partial charge in [-0.15, -0.1) is 0 Å². The third-order valence-electron chi connectivity index (χ3n) is 2.59. The van der Waals surface area contributed by atoms with E-state index in [2.05, 4.69) is 18.7 Å². The Kier molecular flexibility index (Phi) is 4.09. The minimum Gasteiger partial charge on any atom is -0.297 e. The van der Waals surface area contributed by atoms with Crippen molar-refractivity contribution in [2.75, 3.05) is 13.1 Å². The van der Waals surface area contributed by atoms with Crippen molar-refractivity contribution in [1.29, 1.82) is 5.26 Å². The zero-order chi connectivity index (χ0) is 10.6. The quantitative estimate of drug-likeness (QED) is 0.682. The van der Waals surface area contributed by atoms with E-state index in [1.54, 1.807) is 0 Å². The molecule has 1 rings (SSSR count). The number of hydrogen-bond donors (Lipinski definition) is 0. The number of nitrogens with zero attached hydrogens (tertiary/aromatic N) is 2. The molecular formula is C11H18N2O. The third kappa shape index (κ3) is 2.81. The van der Waals surface area contributed by atoms with E-state index >= 15 is 0 Å². The molecule has 0 radical (unpaired) electrons. The molecule has 0 spiro atoms. The molecule has 0 aromatic heterocycles. The van der Waals surface area contributed by atoms with Gasteiger partial charge in [-0.25, -0.2) is 0 Å². The maximum atomic E-state index is 11.6. The average Bonchev–Trinajstić information content (AvgIpc) is 2.51. The number of hydrogen-bond acceptors (Lipinski definition) is 3. The SMILES string of the molecule is CC(C)CN1CCCC1C(=O)CC#N. The van der Waals surface area contributed by atoms with Crippen LogP contribution < -0.4 is 0 Å². The maximum absolute atomic E-state index is 11.6. The predicted octanol–water partition coefficient (Wildman–Crippen LogP) is 1.59. The number of likely N-dealkylation sites (tertiary alicyclic amines) is 1. The maximum Gasteiger partial charge on any atom is 0.163 e. The van der Waals surface area contributed by atoms with E-state index in [0.717, 1.165) is 25.9 Å². The highest BCUT2D eigenvalue weighted by Gasteiger charge is 2.29. The Morgan fingerprint density at radius 2 is 2.36 bits per heavy atom. The van der Waals surface area contributed by atoms with Crippen LogP contribution in [0, 0.1) is 17.2 Å². The van der Waals surface area contributed by atoms with E-state index in [4.69, 9.17) is 5.26 Å². The normalized spacial score (nSPS) is 22.6. The first-order valence-electron chi connectivity index (χ1n) is 5.29. The van der Waals surface area contributed by atoms with Crippen LogP contribution in [0.4, 0.5) is 0 Å². The molecule has 1 heterocycles. The molecule has 0 aliphatic carbocycles. The summed E-state index contributed by atoms with van der Waals surface area (Å²) in [5.74, 6) is 0.691. The van der Waals surface area contributed by atoms with Crippen molar-refractivity contribution in [3.63, 3.8) is 0 Å². The van der Waals surface area contributed by atoms with Gasteiger partial charge in [-0.1, -0.05) is 13.8 Å². The Labute approximate surface area is 85.7 Å². The minimum atomic E-state index is 0.0250. The van der Waals surface area contributed by atoms with Gasteiger partial charge < -0.3 is 0 Å². The minimum absolute atomic E-state index is 0.0250. The third-order valence-corrected chi connectivity index (χ3v) is 2.59. The first-order chi connectivity index (χ1) is 6.65. The monoisotopic (exact) mass is 194 g/mol. The zero-order valence-electron chi connectivity index (χ0n) is 8.99. The van der Waals surface area contributed by atoms with Gasteiger partial charge in [0.1, 0.15) is 0 Å². The lowest BCUT2D eigenvalue weighted by Gasteiger charge is -2.24. The fourth-order valence-electron chi connectivity index (χ4n) is 2.07. The van der Waals surface area contributed by atoms with Gasteiger partial charge in [-0.3, -0.25) is 9.69 Å². The molecule has 1 unspecified atom stereocenters. The van der Waals surface area contributed by atoms with Gasteiger partial charge in [0.25, 0.3) is 0 Å². The van der Waals surface area contributed by atoms with Crippen LogP contribution in [0.15, 0.2) is 0 Å². The van der Waals surface area contributed by atoms with E-state index in [1.165, 1.54) is 0 Å². The van der Waals surface area contributed by atoms with E-state index < -0.39 is 0 Å². The van der Waals surface area contributed by atoms with Crippen molar-refractivity contribution in [2.45, 2.75) is 39.2 Å². The highest BCUT2D eigenvalue weighted by Crippen LogP contribution is 2.20. The van der Waals surface area contributed by atoms with E-state index in [9.17, 15) is 4.79 Å². The van der Waals surface area contributed by atoms with Gasteiger partial charge in [-0.05, 0) is 25.3 Å². The van der Waals surface area contributed by atoms with Crippen LogP contribution in [0.2, 0.25) is 0 Å². The molecule has 0 amide bonds. The number of nitriles is 1. The first-order valence-corrected chi connectivity index (χ1v) is 5.29. The molecule has 3 heteroatoms. The summed E-state index contributed by atoms with van der Waals surface area (Å²) < 4.78 is 0. The molecule has 0 aromatic rings. The Balaban J connectivity index is 2.51. The van der Waals surface area contributed by atoms with Gasteiger partial charge in [0, 0.05) is 6.54 Å². The molecule has 0 bridgehead atoms. The van der Waals surface area contributed by atoms with Crippen LogP contribution in [0.3, 0.4) is 0 Å². The summed E-state index contributed by atoms with van der Waals surface area (Å²) in [4.78, 5) is 13.8. The molecule has 0 N–H and O–H groups in total. The van der Waals surface area contributed by atoms with Crippen molar-refractivity contribution in [3.05, 3.63) is 0 Å². The molecular weight excluding hydrogens is 176 g/mol. The van der Waals surface area contributed by atoms with E-state index in [-0.39, 0.29) is 18.2 Å². The van der Waals surface area contributed by atoms with Gasteiger partial charge in [0.15, 0.2) is 5.78 Å². The van der Waals surface area contributed by atoms with Crippen LogP contribution in [0.25, 0.3) is 0 Å². The lowest BCUT2D eigenvalue weighted by atomic mass is 10.1. The molecule has 1 fully saturated rings. The number of carbonyl (C=O) groups is 1.